The number of carbonyl (C=O) groups is 6. The highest BCUT2D eigenvalue weighted by atomic mass is 16.7. The fraction of sp³-hybridized carbons (Fsp3) is 0.0204. The summed E-state index contributed by atoms with van der Waals surface area (Å²) in [6.45, 7) is 0. The van der Waals surface area contributed by atoms with Crippen molar-refractivity contribution in [3.05, 3.63) is 204 Å². The van der Waals surface area contributed by atoms with E-state index in [4.69, 9.17) is 28.4 Å². The zero-order chi connectivity index (χ0) is 44.0. The third kappa shape index (κ3) is 12.5. The van der Waals surface area contributed by atoms with Gasteiger partial charge in [-0.25, -0.2) is 14.4 Å². The third-order valence-corrected chi connectivity index (χ3v) is 8.73. The molecule has 0 unspecified atom stereocenters. The second-order valence-electron chi connectivity index (χ2n) is 13.3. The van der Waals surface area contributed by atoms with E-state index in [1.807, 2.05) is 0 Å². The van der Waals surface area contributed by atoms with Gasteiger partial charge in [0.15, 0.2) is 5.78 Å². The number of carbonyl (C=O) groups excluding carboxylic acids is 6. The first kappa shape index (κ1) is 42.1. The van der Waals surface area contributed by atoms with Crippen LogP contribution in [0.25, 0.3) is 0 Å². The van der Waals surface area contributed by atoms with Gasteiger partial charge in [0.1, 0.15) is 34.5 Å². The maximum Gasteiger partial charge on any atom is 0.519 e. The van der Waals surface area contributed by atoms with Crippen LogP contribution in [0.15, 0.2) is 182 Å². The molecule has 0 aliphatic carbocycles. The Hall–Kier alpha value is -9.04. The lowest BCUT2D eigenvalue weighted by Crippen LogP contribution is -2.16. The number of anilines is 2. The Labute approximate surface area is 359 Å². The van der Waals surface area contributed by atoms with Crippen molar-refractivity contribution in [3.63, 3.8) is 0 Å². The second-order valence-corrected chi connectivity index (χ2v) is 13.3. The van der Waals surface area contributed by atoms with E-state index in [1.165, 1.54) is 78.9 Å². The van der Waals surface area contributed by atoms with Gasteiger partial charge in [-0.15, -0.1) is 0 Å². The van der Waals surface area contributed by atoms with Crippen molar-refractivity contribution in [1.29, 1.82) is 0 Å². The van der Waals surface area contributed by atoms with E-state index in [9.17, 15) is 28.8 Å². The average Bonchev–Trinajstić information content (AvgIpc) is 3.28. The van der Waals surface area contributed by atoms with Gasteiger partial charge in [0.25, 0.3) is 11.8 Å². The number of nitrogens with one attached hydrogen (secondary N) is 2. The maximum absolute atomic E-state index is 13.7. The molecular formula is C49H34N2O12. The largest absolute Gasteiger partial charge is 0.519 e. The predicted molar refractivity (Wildman–Crippen MR) is 229 cm³/mol. The topological polar surface area (TPSA) is 182 Å². The summed E-state index contributed by atoms with van der Waals surface area (Å²) in [7, 11) is 0. The normalized spacial score (nSPS) is 10.3. The summed E-state index contributed by atoms with van der Waals surface area (Å²) in [6.07, 6.45) is -2.95. The number of amides is 2. The molecule has 0 atom stereocenters. The molecule has 0 fully saturated rings. The molecule has 312 valence electrons. The molecular weight excluding hydrogens is 809 g/mol. The second kappa shape index (κ2) is 20.3. The van der Waals surface area contributed by atoms with Gasteiger partial charge in [-0.05, 0) is 121 Å². The third-order valence-electron chi connectivity index (χ3n) is 8.73. The lowest BCUT2D eigenvalue weighted by molar-refractivity contribution is 0.0987. The van der Waals surface area contributed by atoms with Crippen LogP contribution < -0.4 is 39.1 Å². The van der Waals surface area contributed by atoms with Crippen LogP contribution in [-0.2, 0) is 6.42 Å². The molecule has 2 N–H and O–H groups in total. The van der Waals surface area contributed by atoms with Gasteiger partial charge < -0.3 is 39.1 Å². The van der Waals surface area contributed by atoms with Crippen LogP contribution in [0, 0.1) is 0 Å². The van der Waals surface area contributed by atoms with Crippen LogP contribution in [0.5, 0.6) is 34.5 Å². The summed E-state index contributed by atoms with van der Waals surface area (Å²) in [5.74, 6) is -0.150. The van der Waals surface area contributed by atoms with Gasteiger partial charge in [0.05, 0.1) is 0 Å². The molecule has 7 aromatic carbocycles. The van der Waals surface area contributed by atoms with Crippen LogP contribution in [0.3, 0.4) is 0 Å². The van der Waals surface area contributed by atoms with Crippen molar-refractivity contribution >= 4 is 47.4 Å². The highest BCUT2D eigenvalue weighted by Gasteiger charge is 2.17. The summed E-state index contributed by atoms with van der Waals surface area (Å²) in [6, 6.07) is 47.2. The van der Waals surface area contributed by atoms with Crippen molar-refractivity contribution in [2.24, 2.45) is 0 Å². The molecule has 14 nitrogen and oxygen atoms in total. The molecule has 0 aliphatic heterocycles. The Morgan fingerprint density at radius 3 is 0.968 bits per heavy atom. The number of hydrogen-bond acceptors (Lipinski definition) is 12. The molecule has 0 saturated heterocycles. The van der Waals surface area contributed by atoms with E-state index >= 15 is 0 Å². The molecule has 0 saturated carbocycles. The quantitative estimate of drug-likeness (QED) is 0.0638. The van der Waals surface area contributed by atoms with E-state index in [0.29, 0.717) is 22.8 Å². The molecule has 14 heteroatoms. The number of Topliss-reactive ketones (excluding diaryl/α,β-unsaturated/α-hetero) is 1. The highest BCUT2D eigenvalue weighted by Crippen LogP contribution is 2.25. The summed E-state index contributed by atoms with van der Waals surface area (Å²) < 4.78 is 31.1. The van der Waals surface area contributed by atoms with Gasteiger partial charge in [0, 0.05) is 34.5 Å². The van der Waals surface area contributed by atoms with Crippen LogP contribution in [-0.4, -0.2) is 36.1 Å². The highest BCUT2D eigenvalue weighted by molar-refractivity contribution is 6.08. The number of para-hydroxylation sites is 3. The van der Waals surface area contributed by atoms with Gasteiger partial charge in [-0.2, -0.15) is 0 Å². The average molecular weight is 843 g/mol. The van der Waals surface area contributed by atoms with Crippen molar-refractivity contribution in [2.45, 2.75) is 6.42 Å². The van der Waals surface area contributed by atoms with Crippen LogP contribution >= 0.6 is 0 Å². The van der Waals surface area contributed by atoms with Crippen LogP contribution in [0.1, 0.15) is 36.6 Å². The first-order valence-corrected chi connectivity index (χ1v) is 19.1. The molecule has 0 spiro atoms. The minimum Gasteiger partial charge on any atom is -0.395 e. The minimum absolute atomic E-state index is 0.0954. The van der Waals surface area contributed by atoms with E-state index in [0.717, 1.165) is 0 Å². The molecule has 7 rings (SSSR count). The molecule has 63 heavy (non-hydrogen) atoms. The lowest BCUT2D eigenvalue weighted by Gasteiger charge is -2.13. The van der Waals surface area contributed by atoms with Gasteiger partial charge in [0.2, 0.25) is 0 Å². The Morgan fingerprint density at radius 2 is 0.635 bits per heavy atom. The van der Waals surface area contributed by atoms with Gasteiger partial charge >= 0.3 is 18.5 Å². The Bertz CT molecular complexity index is 2600. The predicted octanol–water partition coefficient (Wildman–Crippen LogP) is 10.3. The number of ether oxygens (including phenoxy) is 6. The molecule has 0 aliphatic rings. The van der Waals surface area contributed by atoms with Gasteiger partial charge in [-0.3, -0.25) is 14.4 Å². The Kier molecular flexibility index (Phi) is 13.6. The Morgan fingerprint density at radius 1 is 0.333 bits per heavy atom. The first-order chi connectivity index (χ1) is 30.6. The number of hydrogen-bond donors (Lipinski definition) is 2. The minimum atomic E-state index is -0.963. The van der Waals surface area contributed by atoms with Crippen molar-refractivity contribution in [1.82, 2.24) is 0 Å². The fourth-order valence-corrected chi connectivity index (χ4v) is 5.76. The molecule has 0 bridgehead atoms. The monoisotopic (exact) mass is 842 g/mol. The first-order valence-electron chi connectivity index (χ1n) is 19.1. The number of ketones is 1. The smallest absolute Gasteiger partial charge is 0.395 e. The van der Waals surface area contributed by atoms with E-state index in [-0.39, 0.29) is 57.5 Å². The fourth-order valence-electron chi connectivity index (χ4n) is 5.76. The maximum atomic E-state index is 13.7. The SMILES string of the molecule is O=C(Oc1ccccc1)Oc1ccc(CC(=O)c2cc(NC(=O)c3ccc(OC(=O)Oc4ccccc4)cc3)cc(NC(=O)c3ccc(OC(=O)Oc4ccccc4)cc3)c2)cc1. The summed E-state index contributed by atoms with van der Waals surface area (Å²) in [4.78, 5) is 77.3. The van der Waals surface area contributed by atoms with Crippen LogP contribution in [0.2, 0.25) is 0 Å². The molecule has 7 aromatic rings. The number of benzene rings is 7. The summed E-state index contributed by atoms with van der Waals surface area (Å²) >= 11 is 0. The van der Waals surface area contributed by atoms with Gasteiger partial charge in [-0.1, -0.05) is 66.7 Å². The van der Waals surface area contributed by atoms with Crippen LogP contribution in [0.4, 0.5) is 25.8 Å². The van der Waals surface area contributed by atoms with E-state index < -0.39 is 30.3 Å². The van der Waals surface area contributed by atoms with Crippen molar-refractivity contribution in [2.75, 3.05) is 10.6 Å². The zero-order valence-corrected chi connectivity index (χ0v) is 32.9. The summed E-state index contributed by atoms with van der Waals surface area (Å²) in [5.41, 5.74) is 1.45. The molecule has 0 heterocycles. The number of rotatable bonds is 13. The molecule has 2 amide bonds. The molecule has 0 aromatic heterocycles. The lowest BCUT2D eigenvalue weighted by atomic mass is 10.0. The zero-order valence-electron chi connectivity index (χ0n) is 32.9. The van der Waals surface area contributed by atoms with Crippen molar-refractivity contribution < 1.29 is 57.2 Å². The molecule has 0 radical (unpaired) electrons. The standard InChI is InChI=1S/C49H34N2O12/c52-44(28-32-16-22-41(23-17-32)61-47(55)58-38-10-4-1-5-11-38)35-29-36(50-45(53)33-18-24-42(25-19-33)62-48(56)59-39-12-6-2-7-13-39)31-37(30-35)51-46(54)34-20-26-43(27-21-34)63-49(57)60-40-14-8-3-9-15-40/h1-27,29-31H,28H2,(H,50,53)(H,51,54). The summed E-state index contributed by atoms with van der Waals surface area (Å²) in [5, 5.41) is 5.51. The van der Waals surface area contributed by atoms with Crippen molar-refractivity contribution in [3.8, 4) is 34.5 Å². The van der Waals surface area contributed by atoms with E-state index in [2.05, 4.69) is 10.6 Å². The van der Waals surface area contributed by atoms with E-state index in [1.54, 1.807) is 103 Å². The Balaban J connectivity index is 1.03.